The zero-order valence-electron chi connectivity index (χ0n) is 6.80. The Morgan fingerprint density at radius 2 is 2.38 bits per heavy atom. The molecule has 0 aromatic carbocycles. The normalized spacial score (nSPS) is 16.6. The number of aromatic nitrogens is 2. The molecule has 1 saturated heterocycles. The number of nitrogens with zero attached hydrogens (tertiary/aromatic N) is 2. The molecule has 1 fully saturated rings. The van der Waals surface area contributed by atoms with Crippen molar-refractivity contribution in [3.05, 3.63) is 23.8 Å². The van der Waals surface area contributed by atoms with Crippen molar-refractivity contribution < 1.29 is 9.90 Å². The van der Waals surface area contributed by atoms with Gasteiger partial charge in [0.1, 0.15) is 5.82 Å². The van der Waals surface area contributed by atoms with Crippen molar-refractivity contribution in [2.45, 2.75) is 5.92 Å². The van der Waals surface area contributed by atoms with Gasteiger partial charge in [0.2, 0.25) is 0 Å². The zero-order chi connectivity index (χ0) is 9.26. The molecule has 1 aromatic rings. The molecular weight excluding hydrogens is 188 g/mol. The van der Waals surface area contributed by atoms with Gasteiger partial charge in [-0.15, -0.1) is 0 Å². The maximum atomic E-state index is 10.6. The Morgan fingerprint density at radius 3 is 2.92 bits per heavy atom. The quantitative estimate of drug-likeness (QED) is 0.764. The third-order valence-electron chi connectivity index (χ3n) is 1.90. The van der Waals surface area contributed by atoms with Crippen molar-refractivity contribution >= 4 is 17.7 Å². The summed E-state index contributed by atoms with van der Waals surface area (Å²) in [5.41, 5.74) is 0.0851. The van der Waals surface area contributed by atoms with Gasteiger partial charge >= 0.3 is 5.97 Å². The molecule has 1 aliphatic rings. The van der Waals surface area contributed by atoms with Crippen molar-refractivity contribution in [2.75, 3.05) is 11.5 Å². The van der Waals surface area contributed by atoms with E-state index in [1.165, 1.54) is 12.3 Å². The monoisotopic (exact) mass is 196 g/mol. The summed E-state index contributed by atoms with van der Waals surface area (Å²) in [4.78, 5) is 18.6. The highest BCUT2D eigenvalue weighted by Gasteiger charge is 2.23. The highest BCUT2D eigenvalue weighted by molar-refractivity contribution is 8.00. The molecule has 1 aliphatic heterocycles. The Hall–Kier alpha value is -1.10. The first-order valence-electron chi connectivity index (χ1n) is 3.91. The molecule has 0 unspecified atom stereocenters. The van der Waals surface area contributed by atoms with Crippen LogP contribution in [0.15, 0.2) is 12.3 Å². The smallest absolute Gasteiger partial charge is 0.354 e. The van der Waals surface area contributed by atoms with E-state index < -0.39 is 5.97 Å². The fraction of sp³-hybridized carbons (Fsp3) is 0.375. The van der Waals surface area contributed by atoms with Crippen LogP contribution in [0.25, 0.3) is 0 Å². The van der Waals surface area contributed by atoms with Gasteiger partial charge in [-0.25, -0.2) is 14.8 Å². The second-order valence-corrected chi connectivity index (χ2v) is 3.91. The van der Waals surface area contributed by atoms with Crippen LogP contribution < -0.4 is 0 Å². The number of rotatable bonds is 2. The lowest BCUT2D eigenvalue weighted by atomic mass is 10.2. The van der Waals surface area contributed by atoms with E-state index in [-0.39, 0.29) is 5.69 Å². The summed E-state index contributed by atoms with van der Waals surface area (Å²) < 4.78 is 0. The predicted molar refractivity (Wildman–Crippen MR) is 49.1 cm³/mol. The van der Waals surface area contributed by atoms with Crippen LogP contribution in [-0.4, -0.2) is 32.5 Å². The van der Waals surface area contributed by atoms with Crippen molar-refractivity contribution in [3.8, 4) is 0 Å². The fourth-order valence-corrected chi connectivity index (χ4v) is 1.84. The minimum atomic E-state index is -0.990. The third kappa shape index (κ3) is 1.65. The Kier molecular flexibility index (Phi) is 2.18. The van der Waals surface area contributed by atoms with E-state index in [0.717, 1.165) is 11.5 Å². The maximum Gasteiger partial charge on any atom is 0.354 e. The molecular formula is C8H8N2O2S. The van der Waals surface area contributed by atoms with Crippen LogP contribution in [-0.2, 0) is 0 Å². The molecule has 1 aromatic heterocycles. The molecule has 5 heteroatoms. The van der Waals surface area contributed by atoms with Gasteiger partial charge in [-0.1, -0.05) is 0 Å². The summed E-state index contributed by atoms with van der Waals surface area (Å²) in [6.07, 6.45) is 1.51. The first-order chi connectivity index (χ1) is 6.27. The lowest BCUT2D eigenvalue weighted by molar-refractivity contribution is 0.0690. The molecule has 0 radical (unpaired) electrons. The van der Waals surface area contributed by atoms with Gasteiger partial charge in [-0.2, -0.15) is 11.8 Å². The lowest BCUT2D eigenvalue weighted by Crippen LogP contribution is -2.19. The summed E-state index contributed by atoms with van der Waals surface area (Å²) in [6.45, 7) is 0. The minimum Gasteiger partial charge on any atom is -0.477 e. The van der Waals surface area contributed by atoms with Gasteiger partial charge in [0.05, 0.1) is 0 Å². The molecule has 1 N–H and O–H groups in total. The van der Waals surface area contributed by atoms with E-state index in [2.05, 4.69) is 9.97 Å². The van der Waals surface area contributed by atoms with Gasteiger partial charge in [-0.3, -0.25) is 0 Å². The van der Waals surface area contributed by atoms with Crippen molar-refractivity contribution in [1.82, 2.24) is 9.97 Å². The largest absolute Gasteiger partial charge is 0.477 e. The zero-order valence-corrected chi connectivity index (χ0v) is 7.62. The van der Waals surface area contributed by atoms with Crippen molar-refractivity contribution in [1.29, 1.82) is 0 Å². The van der Waals surface area contributed by atoms with Crippen LogP contribution in [0.1, 0.15) is 22.2 Å². The lowest BCUT2D eigenvalue weighted by Gasteiger charge is -2.22. The summed E-state index contributed by atoms with van der Waals surface area (Å²) >= 11 is 1.83. The molecule has 0 aliphatic carbocycles. The molecule has 2 heterocycles. The fourth-order valence-electron chi connectivity index (χ4n) is 1.07. The van der Waals surface area contributed by atoms with E-state index in [9.17, 15) is 4.79 Å². The van der Waals surface area contributed by atoms with Crippen LogP contribution in [0.3, 0.4) is 0 Å². The highest BCUT2D eigenvalue weighted by atomic mass is 32.2. The SMILES string of the molecule is O=C(O)c1ccnc(C2CSC2)n1. The van der Waals surface area contributed by atoms with E-state index in [1.54, 1.807) is 0 Å². The first kappa shape index (κ1) is 8.50. The van der Waals surface area contributed by atoms with Gasteiger partial charge in [-0.05, 0) is 6.07 Å². The Morgan fingerprint density at radius 1 is 1.62 bits per heavy atom. The van der Waals surface area contributed by atoms with E-state index in [4.69, 9.17) is 5.11 Å². The van der Waals surface area contributed by atoms with E-state index in [0.29, 0.717) is 11.7 Å². The molecule has 0 atom stereocenters. The average Bonchev–Trinajstić information content (AvgIpc) is 2.01. The second-order valence-electron chi connectivity index (χ2n) is 2.84. The highest BCUT2D eigenvalue weighted by Crippen LogP contribution is 2.31. The number of carbonyl (C=O) groups is 1. The van der Waals surface area contributed by atoms with Crippen molar-refractivity contribution in [2.24, 2.45) is 0 Å². The van der Waals surface area contributed by atoms with Crippen molar-refractivity contribution in [3.63, 3.8) is 0 Å². The average molecular weight is 196 g/mol. The summed E-state index contributed by atoms with van der Waals surface area (Å²) in [5.74, 6) is 2.03. The Bertz CT molecular complexity index is 339. The number of hydrogen-bond donors (Lipinski definition) is 1. The van der Waals surface area contributed by atoms with E-state index >= 15 is 0 Å². The van der Waals surface area contributed by atoms with Crippen LogP contribution in [0, 0.1) is 0 Å². The van der Waals surface area contributed by atoms with Gasteiger partial charge < -0.3 is 5.11 Å². The minimum absolute atomic E-state index is 0.0851. The Balaban J connectivity index is 2.26. The third-order valence-corrected chi connectivity index (χ3v) is 3.17. The maximum absolute atomic E-state index is 10.6. The molecule has 13 heavy (non-hydrogen) atoms. The molecule has 2 rings (SSSR count). The number of carboxylic acid groups (broad SMARTS) is 1. The van der Waals surface area contributed by atoms with Crippen LogP contribution in [0.4, 0.5) is 0 Å². The Labute approximate surface area is 79.4 Å². The molecule has 68 valence electrons. The van der Waals surface area contributed by atoms with Gasteiger partial charge in [0.15, 0.2) is 5.69 Å². The van der Waals surface area contributed by atoms with Crippen LogP contribution in [0.2, 0.25) is 0 Å². The number of carboxylic acids is 1. The summed E-state index contributed by atoms with van der Waals surface area (Å²) in [6, 6.07) is 1.41. The summed E-state index contributed by atoms with van der Waals surface area (Å²) in [5, 5.41) is 8.69. The number of hydrogen-bond acceptors (Lipinski definition) is 4. The van der Waals surface area contributed by atoms with Crippen LogP contribution >= 0.6 is 11.8 Å². The van der Waals surface area contributed by atoms with Crippen LogP contribution in [0.5, 0.6) is 0 Å². The van der Waals surface area contributed by atoms with Gasteiger partial charge in [0, 0.05) is 23.6 Å². The molecule has 0 saturated carbocycles. The molecule has 0 bridgehead atoms. The standard InChI is InChI=1S/C8H8N2O2S/c11-8(12)6-1-2-9-7(10-6)5-3-13-4-5/h1-2,5H,3-4H2,(H,11,12). The first-order valence-corrected chi connectivity index (χ1v) is 5.07. The van der Waals surface area contributed by atoms with E-state index in [1.807, 2.05) is 11.8 Å². The number of thioether (sulfide) groups is 1. The second kappa shape index (κ2) is 3.33. The predicted octanol–water partition coefficient (Wildman–Crippen LogP) is 1.01. The summed E-state index contributed by atoms with van der Waals surface area (Å²) in [7, 11) is 0. The number of aromatic carboxylic acids is 1. The molecule has 4 nitrogen and oxygen atoms in total. The molecule has 0 spiro atoms. The molecule has 0 amide bonds. The van der Waals surface area contributed by atoms with Gasteiger partial charge in [0.25, 0.3) is 0 Å². The topological polar surface area (TPSA) is 63.1 Å².